The van der Waals surface area contributed by atoms with E-state index in [1.165, 1.54) is 0 Å². The Hall–Kier alpha value is -1.84. The minimum absolute atomic E-state index is 0.0734. The number of rotatable bonds is 1. The lowest BCUT2D eigenvalue weighted by molar-refractivity contribution is 0.459. The van der Waals surface area contributed by atoms with Gasteiger partial charge in [-0.05, 0) is 25.5 Å². The monoisotopic (exact) mass is 203 g/mol. The maximum Gasteiger partial charge on any atom is 0.218 e. The number of nitrogens with zero attached hydrogens (tertiary/aromatic N) is 2. The van der Waals surface area contributed by atoms with Crippen molar-refractivity contribution in [3.8, 4) is 5.88 Å². The fourth-order valence-corrected chi connectivity index (χ4v) is 1.83. The number of hydrogen-bond acceptors (Lipinski definition) is 3. The Morgan fingerprint density at radius 2 is 2.00 bits per heavy atom. The van der Waals surface area contributed by atoms with Gasteiger partial charge in [0.05, 0.1) is 5.52 Å². The molecule has 0 spiro atoms. The number of aromatic amines is 1. The molecule has 0 saturated carbocycles. The highest BCUT2D eigenvalue weighted by molar-refractivity contribution is 5.96. The van der Waals surface area contributed by atoms with Crippen molar-refractivity contribution in [3.05, 3.63) is 23.3 Å². The topological polar surface area (TPSA) is 60.7 Å². The van der Waals surface area contributed by atoms with E-state index >= 15 is 0 Å². The summed E-state index contributed by atoms with van der Waals surface area (Å²) in [5, 5.41) is 18.2. The van der Waals surface area contributed by atoms with Crippen molar-refractivity contribution in [1.82, 2.24) is 4.98 Å². The largest absolute Gasteiger partial charge is 0.493 e. The second-order valence-electron chi connectivity index (χ2n) is 3.63. The zero-order valence-electron chi connectivity index (χ0n) is 9.00. The van der Waals surface area contributed by atoms with Crippen LogP contribution in [0, 0.1) is 13.8 Å². The van der Waals surface area contributed by atoms with Crippen LogP contribution in [0.4, 0.5) is 5.69 Å². The summed E-state index contributed by atoms with van der Waals surface area (Å²) in [5.41, 5.74) is 3.67. The van der Waals surface area contributed by atoms with E-state index < -0.39 is 0 Å². The number of aryl methyl sites for hydroxylation is 2. The fraction of sp³-hybridized carbons (Fsp3) is 0.273. The Labute approximate surface area is 87.7 Å². The first-order chi connectivity index (χ1) is 7.13. The van der Waals surface area contributed by atoms with Crippen LogP contribution >= 0.6 is 0 Å². The molecule has 1 aromatic heterocycles. The highest BCUT2D eigenvalue weighted by Gasteiger charge is 2.11. The normalized spacial score (nSPS) is 11.7. The van der Waals surface area contributed by atoms with Crippen molar-refractivity contribution in [2.45, 2.75) is 13.8 Å². The van der Waals surface area contributed by atoms with Crippen molar-refractivity contribution in [1.29, 1.82) is 0 Å². The second-order valence-corrected chi connectivity index (χ2v) is 3.63. The molecule has 2 N–H and O–H groups in total. The minimum atomic E-state index is 0.0734. The number of hydrogen-bond donors (Lipinski definition) is 2. The van der Waals surface area contributed by atoms with Gasteiger partial charge in [-0.3, -0.25) is 0 Å². The summed E-state index contributed by atoms with van der Waals surface area (Å²) in [5.74, 6) is 0.0734. The highest BCUT2D eigenvalue weighted by Crippen LogP contribution is 2.37. The summed E-state index contributed by atoms with van der Waals surface area (Å²) in [4.78, 5) is 2.91. The zero-order valence-corrected chi connectivity index (χ0v) is 9.00. The summed E-state index contributed by atoms with van der Waals surface area (Å²) < 4.78 is 0. The second kappa shape index (κ2) is 3.38. The van der Waals surface area contributed by atoms with E-state index in [2.05, 4.69) is 21.3 Å². The third-order valence-electron chi connectivity index (χ3n) is 2.40. The van der Waals surface area contributed by atoms with Gasteiger partial charge in [0, 0.05) is 12.4 Å². The van der Waals surface area contributed by atoms with Gasteiger partial charge < -0.3 is 10.1 Å². The molecule has 15 heavy (non-hydrogen) atoms. The molecule has 0 fully saturated rings. The van der Waals surface area contributed by atoms with Gasteiger partial charge in [-0.2, -0.15) is 5.11 Å². The van der Waals surface area contributed by atoms with Crippen molar-refractivity contribution in [3.63, 3.8) is 0 Å². The average Bonchev–Trinajstić information content (AvgIpc) is 2.46. The third kappa shape index (κ3) is 1.48. The zero-order chi connectivity index (χ0) is 11.0. The van der Waals surface area contributed by atoms with Gasteiger partial charge >= 0.3 is 0 Å². The molecule has 0 unspecified atom stereocenters. The standard InChI is InChI=1S/C11H13N3O/c1-6-4-7(2)9-8(5-6)10(14-12-3)11(15)13-9/h4-5,13,15H,1-3H3. The van der Waals surface area contributed by atoms with Gasteiger partial charge in [-0.1, -0.05) is 11.6 Å². The molecule has 1 aromatic carbocycles. The first kappa shape index (κ1) is 9.71. The van der Waals surface area contributed by atoms with E-state index in [1.807, 2.05) is 19.9 Å². The third-order valence-corrected chi connectivity index (χ3v) is 2.40. The summed E-state index contributed by atoms with van der Waals surface area (Å²) in [6.07, 6.45) is 0. The van der Waals surface area contributed by atoms with Gasteiger partial charge in [-0.25, -0.2) is 0 Å². The molecule has 2 aromatic rings. The first-order valence-corrected chi connectivity index (χ1v) is 4.75. The molecule has 2 rings (SSSR count). The molecule has 4 nitrogen and oxygen atoms in total. The van der Waals surface area contributed by atoms with Gasteiger partial charge in [0.25, 0.3) is 0 Å². The van der Waals surface area contributed by atoms with Crippen molar-refractivity contribution < 1.29 is 5.11 Å². The molecular formula is C11H13N3O. The Kier molecular flexibility index (Phi) is 2.19. The molecule has 4 heteroatoms. The van der Waals surface area contributed by atoms with Crippen LogP contribution in [-0.4, -0.2) is 17.1 Å². The molecule has 0 aliphatic carbocycles. The molecule has 1 heterocycles. The van der Waals surface area contributed by atoms with E-state index in [1.54, 1.807) is 7.05 Å². The smallest absolute Gasteiger partial charge is 0.218 e. The Morgan fingerprint density at radius 3 is 2.67 bits per heavy atom. The van der Waals surface area contributed by atoms with Gasteiger partial charge in [0.1, 0.15) is 0 Å². The van der Waals surface area contributed by atoms with Crippen LogP contribution in [0.2, 0.25) is 0 Å². The van der Waals surface area contributed by atoms with Gasteiger partial charge in [0.2, 0.25) is 5.88 Å². The van der Waals surface area contributed by atoms with Crippen LogP contribution in [0.5, 0.6) is 5.88 Å². The summed E-state index contributed by atoms with van der Waals surface area (Å²) in [6, 6.07) is 4.05. The molecule has 0 aliphatic heterocycles. The number of fused-ring (bicyclic) bond motifs is 1. The molecule has 0 atom stereocenters. The number of benzene rings is 1. The molecule has 0 radical (unpaired) electrons. The van der Waals surface area contributed by atoms with Crippen LogP contribution in [0.3, 0.4) is 0 Å². The predicted octanol–water partition coefficient (Wildman–Crippen LogP) is 3.20. The molecular weight excluding hydrogens is 190 g/mol. The van der Waals surface area contributed by atoms with Crippen LogP contribution in [-0.2, 0) is 0 Å². The van der Waals surface area contributed by atoms with Crippen molar-refractivity contribution >= 4 is 16.6 Å². The number of H-pyrrole nitrogens is 1. The van der Waals surface area contributed by atoms with Crippen LogP contribution in [0.25, 0.3) is 10.9 Å². The predicted molar refractivity (Wildman–Crippen MR) is 59.9 cm³/mol. The first-order valence-electron chi connectivity index (χ1n) is 4.75. The SMILES string of the molecule is CN=Nc1c(O)[nH]c2c(C)cc(C)cc12. The number of aromatic nitrogens is 1. The van der Waals surface area contributed by atoms with E-state index in [4.69, 9.17) is 0 Å². The lowest BCUT2D eigenvalue weighted by Gasteiger charge is -1.98. The summed E-state index contributed by atoms with van der Waals surface area (Å²) in [6.45, 7) is 4.02. The van der Waals surface area contributed by atoms with Gasteiger partial charge in [0.15, 0.2) is 5.69 Å². The summed E-state index contributed by atoms with van der Waals surface area (Å²) >= 11 is 0. The Bertz CT molecular complexity index is 540. The Balaban J connectivity index is 2.86. The van der Waals surface area contributed by atoms with Gasteiger partial charge in [-0.15, -0.1) is 5.11 Å². The Morgan fingerprint density at radius 1 is 1.27 bits per heavy atom. The quantitative estimate of drug-likeness (QED) is 0.687. The van der Waals surface area contributed by atoms with E-state index in [0.29, 0.717) is 5.69 Å². The van der Waals surface area contributed by atoms with Crippen LogP contribution in [0.1, 0.15) is 11.1 Å². The van der Waals surface area contributed by atoms with E-state index in [-0.39, 0.29) is 5.88 Å². The van der Waals surface area contributed by atoms with E-state index in [0.717, 1.165) is 22.0 Å². The summed E-state index contributed by atoms with van der Waals surface area (Å²) in [7, 11) is 1.58. The van der Waals surface area contributed by atoms with Crippen molar-refractivity contribution in [2.75, 3.05) is 7.05 Å². The molecule has 0 aliphatic rings. The molecule has 0 bridgehead atoms. The average molecular weight is 203 g/mol. The lowest BCUT2D eigenvalue weighted by atomic mass is 10.1. The maximum atomic E-state index is 9.67. The maximum absolute atomic E-state index is 9.67. The number of azo groups is 1. The lowest BCUT2D eigenvalue weighted by Crippen LogP contribution is -1.78. The number of aromatic hydroxyl groups is 1. The van der Waals surface area contributed by atoms with E-state index in [9.17, 15) is 5.11 Å². The van der Waals surface area contributed by atoms with Crippen LogP contribution < -0.4 is 0 Å². The van der Waals surface area contributed by atoms with Crippen LogP contribution in [0.15, 0.2) is 22.4 Å². The highest BCUT2D eigenvalue weighted by atomic mass is 16.3. The van der Waals surface area contributed by atoms with Crippen molar-refractivity contribution in [2.24, 2.45) is 10.2 Å². The number of nitrogens with one attached hydrogen (secondary N) is 1. The molecule has 0 amide bonds. The minimum Gasteiger partial charge on any atom is -0.493 e. The molecule has 0 saturated heterocycles. The molecule has 78 valence electrons. The fourth-order valence-electron chi connectivity index (χ4n) is 1.83.